The Morgan fingerprint density at radius 3 is 2.81 bits per heavy atom. The molecule has 0 bridgehead atoms. The standard InChI is InChI=1S/C25H33ClN4O/c1-27-12-14-30(18-21-5-2-3-7-23(21)26)25(31)15-28-24-8-4-6-20-17-29(13-11-22(20)24)16-19-9-10-19/h2-8,19,27-28H,9-18H2,1H3. The lowest BCUT2D eigenvalue weighted by Crippen LogP contribution is -2.39. The molecular formula is C25H33ClN4O. The maximum Gasteiger partial charge on any atom is 0.242 e. The predicted octanol–water partition coefficient (Wildman–Crippen LogP) is 3.77. The lowest BCUT2D eigenvalue weighted by Gasteiger charge is -2.30. The van der Waals surface area contributed by atoms with E-state index in [9.17, 15) is 4.79 Å². The minimum atomic E-state index is 0.0824. The van der Waals surface area contributed by atoms with Crippen molar-refractivity contribution in [2.75, 3.05) is 45.1 Å². The number of hydrogen-bond acceptors (Lipinski definition) is 4. The zero-order valence-electron chi connectivity index (χ0n) is 18.4. The van der Waals surface area contributed by atoms with Crippen LogP contribution < -0.4 is 10.6 Å². The predicted molar refractivity (Wildman–Crippen MR) is 127 cm³/mol. The van der Waals surface area contributed by atoms with Crippen molar-refractivity contribution in [2.45, 2.75) is 32.4 Å². The van der Waals surface area contributed by atoms with Crippen LogP contribution in [0.4, 0.5) is 5.69 Å². The van der Waals surface area contributed by atoms with Crippen LogP contribution in [-0.2, 0) is 24.3 Å². The number of halogens is 1. The molecule has 2 N–H and O–H groups in total. The monoisotopic (exact) mass is 440 g/mol. The number of benzene rings is 2. The average Bonchev–Trinajstić information content (AvgIpc) is 3.60. The lowest BCUT2D eigenvalue weighted by atomic mass is 9.97. The molecule has 0 radical (unpaired) electrons. The first-order valence-electron chi connectivity index (χ1n) is 11.4. The quantitative estimate of drug-likeness (QED) is 0.590. The molecule has 31 heavy (non-hydrogen) atoms. The van der Waals surface area contributed by atoms with E-state index in [0.29, 0.717) is 18.1 Å². The highest BCUT2D eigenvalue weighted by Crippen LogP contribution is 2.32. The smallest absolute Gasteiger partial charge is 0.242 e. The van der Waals surface area contributed by atoms with Gasteiger partial charge in [0, 0.05) is 50.0 Å². The molecular weight excluding hydrogens is 408 g/mol. The molecule has 5 nitrogen and oxygen atoms in total. The fraction of sp³-hybridized carbons (Fsp3) is 0.480. The SMILES string of the molecule is CNCCN(Cc1ccccc1Cl)C(=O)CNc1cccc2c1CCN(CC1CC1)C2. The Kier molecular flexibility index (Phi) is 7.49. The van der Waals surface area contributed by atoms with Gasteiger partial charge in [-0.2, -0.15) is 0 Å². The van der Waals surface area contributed by atoms with Gasteiger partial charge in [0.1, 0.15) is 0 Å². The topological polar surface area (TPSA) is 47.6 Å². The molecule has 2 aromatic rings. The number of nitrogens with zero attached hydrogens (tertiary/aromatic N) is 2. The zero-order valence-corrected chi connectivity index (χ0v) is 19.1. The third-order valence-electron chi connectivity index (χ3n) is 6.29. The first-order valence-corrected chi connectivity index (χ1v) is 11.7. The van der Waals surface area contributed by atoms with E-state index in [1.807, 2.05) is 36.2 Å². The molecule has 1 aliphatic heterocycles. The number of fused-ring (bicyclic) bond motifs is 1. The second-order valence-corrected chi connectivity index (χ2v) is 9.14. The number of carbonyl (C=O) groups excluding carboxylic acids is 1. The molecule has 0 saturated heterocycles. The van der Waals surface area contributed by atoms with Gasteiger partial charge in [0.05, 0.1) is 6.54 Å². The van der Waals surface area contributed by atoms with Crippen LogP contribution in [0.5, 0.6) is 0 Å². The van der Waals surface area contributed by atoms with E-state index in [1.165, 1.54) is 30.5 Å². The normalized spacial score (nSPS) is 16.1. The first-order chi connectivity index (χ1) is 15.1. The molecule has 1 heterocycles. The summed E-state index contributed by atoms with van der Waals surface area (Å²) in [4.78, 5) is 17.5. The lowest BCUT2D eigenvalue weighted by molar-refractivity contribution is -0.129. The highest BCUT2D eigenvalue weighted by Gasteiger charge is 2.27. The van der Waals surface area contributed by atoms with Gasteiger partial charge in [0.15, 0.2) is 0 Å². The summed E-state index contributed by atoms with van der Waals surface area (Å²) in [5.41, 5.74) is 4.84. The number of carbonyl (C=O) groups is 1. The third-order valence-corrected chi connectivity index (χ3v) is 6.66. The number of amides is 1. The van der Waals surface area contributed by atoms with E-state index in [0.717, 1.165) is 43.2 Å². The van der Waals surface area contributed by atoms with Crippen molar-refractivity contribution < 1.29 is 4.79 Å². The largest absolute Gasteiger partial charge is 0.376 e. The molecule has 0 spiro atoms. The second-order valence-electron chi connectivity index (χ2n) is 8.74. The van der Waals surface area contributed by atoms with Gasteiger partial charge < -0.3 is 15.5 Å². The number of hydrogen-bond donors (Lipinski definition) is 2. The Hall–Kier alpha value is -2.08. The van der Waals surface area contributed by atoms with Gasteiger partial charge in [-0.1, -0.05) is 41.9 Å². The van der Waals surface area contributed by atoms with Crippen LogP contribution in [0.15, 0.2) is 42.5 Å². The van der Waals surface area contributed by atoms with Crippen LogP contribution in [0.2, 0.25) is 5.02 Å². The van der Waals surface area contributed by atoms with Crippen LogP contribution in [0, 0.1) is 5.92 Å². The molecule has 6 heteroatoms. The molecule has 4 rings (SSSR count). The van der Waals surface area contributed by atoms with Gasteiger partial charge in [-0.3, -0.25) is 9.69 Å². The minimum absolute atomic E-state index is 0.0824. The summed E-state index contributed by atoms with van der Waals surface area (Å²) in [7, 11) is 1.90. The Morgan fingerprint density at radius 1 is 1.19 bits per heavy atom. The maximum absolute atomic E-state index is 13.1. The molecule has 0 atom stereocenters. The maximum atomic E-state index is 13.1. The van der Waals surface area contributed by atoms with Crippen molar-refractivity contribution in [3.8, 4) is 0 Å². The van der Waals surface area contributed by atoms with E-state index >= 15 is 0 Å². The number of nitrogens with one attached hydrogen (secondary N) is 2. The third kappa shape index (κ3) is 6.00. The van der Waals surface area contributed by atoms with Gasteiger partial charge in [-0.25, -0.2) is 0 Å². The fourth-order valence-corrected chi connectivity index (χ4v) is 4.50. The van der Waals surface area contributed by atoms with Crippen molar-refractivity contribution in [3.05, 3.63) is 64.2 Å². The molecule has 0 aromatic heterocycles. The minimum Gasteiger partial charge on any atom is -0.376 e. The number of anilines is 1. The Labute approximate surface area is 190 Å². The van der Waals surface area contributed by atoms with Crippen molar-refractivity contribution in [3.63, 3.8) is 0 Å². The Balaban J connectivity index is 1.39. The van der Waals surface area contributed by atoms with E-state index in [4.69, 9.17) is 11.6 Å². The van der Waals surface area contributed by atoms with Gasteiger partial charge in [-0.15, -0.1) is 0 Å². The summed E-state index contributed by atoms with van der Waals surface area (Å²) in [6.45, 7) is 5.56. The van der Waals surface area contributed by atoms with E-state index in [-0.39, 0.29) is 12.5 Å². The van der Waals surface area contributed by atoms with Crippen LogP contribution >= 0.6 is 11.6 Å². The van der Waals surface area contributed by atoms with Crippen molar-refractivity contribution in [1.29, 1.82) is 0 Å². The summed E-state index contributed by atoms with van der Waals surface area (Å²) in [6.07, 6.45) is 3.83. The fourth-order valence-electron chi connectivity index (χ4n) is 4.31. The molecule has 1 aliphatic carbocycles. The molecule has 2 aliphatic rings. The summed E-state index contributed by atoms with van der Waals surface area (Å²) >= 11 is 6.33. The van der Waals surface area contributed by atoms with E-state index in [1.54, 1.807) is 0 Å². The highest BCUT2D eigenvalue weighted by molar-refractivity contribution is 6.31. The molecule has 1 saturated carbocycles. The summed E-state index contributed by atoms with van der Waals surface area (Å²) in [5.74, 6) is 1.00. The second kappa shape index (κ2) is 10.5. The summed E-state index contributed by atoms with van der Waals surface area (Å²) < 4.78 is 0. The van der Waals surface area contributed by atoms with Crippen molar-refractivity contribution in [2.24, 2.45) is 5.92 Å². The van der Waals surface area contributed by atoms with Crippen molar-refractivity contribution in [1.82, 2.24) is 15.1 Å². The van der Waals surface area contributed by atoms with Gasteiger partial charge in [0.2, 0.25) is 5.91 Å². The number of likely N-dealkylation sites (N-methyl/N-ethyl adjacent to an activating group) is 1. The van der Waals surface area contributed by atoms with Crippen LogP contribution in [-0.4, -0.2) is 55.5 Å². The van der Waals surface area contributed by atoms with Crippen LogP contribution in [0.3, 0.4) is 0 Å². The molecule has 1 amide bonds. The molecule has 0 unspecified atom stereocenters. The zero-order chi connectivity index (χ0) is 21.6. The molecule has 2 aromatic carbocycles. The van der Waals surface area contributed by atoms with Crippen molar-refractivity contribution >= 4 is 23.2 Å². The van der Waals surface area contributed by atoms with E-state index in [2.05, 4.69) is 33.7 Å². The summed E-state index contributed by atoms with van der Waals surface area (Å²) in [6, 6.07) is 14.2. The number of rotatable bonds is 10. The van der Waals surface area contributed by atoms with Gasteiger partial charge >= 0.3 is 0 Å². The van der Waals surface area contributed by atoms with Gasteiger partial charge in [-0.05, 0) is 61.1 Å². The van der Waals surface area contributed by atoms with Crippen LogP contribution in [0.25, 0.3) is 0 Å². The van der Waals surface area contributed by atoms with E-state index < -0.39 is 0 Å². The molecule has 1 fully saturated rings. The first kappa shape index (κ1) is 22.1. The average molecular weight is 441 g/mol. The highest BCUT2D eigenvalue weighted by atomic mass is 35.5. The van der Waals surface area contributed by atoms with Gasteiger partial charge in [0.25, 0.3) is 0 Å². The Bertz CT molecular complexity index is 899. The molecule has 166 valence electrons. The Morgan fingerprint density at radius 2 is 2.03 bits per heavy atom. The van der Waals surface area contributed by atoms with Crippen LogP contribution in [0.1, 0.15) is 29.5 Å². The summed E-state index contributed by atoms with van der Waals surface area (Å²) in [5, 5.41) is 7.27.